The average molecular weight is 456 g/mol. The molecule has 2 aromatic heterocycles. The molecular weight excluding hydrogens is 431 g/mol. The highest BCUT2D eigenvalue weighted by molar-refractivity contribution is 7.17. The second-order valence-corrected chi connectivity index (χ2v) is 9.41. The van der Waals surface area contributed by atoms with E-state index in [9.17, 15) is 22.8 Å². The predicted octanol–water partition coefficient (Wildman–Crippen LogP) is 4.92. The number of amides is 1. The first kappa shape index (κ1) is 21.9. The van der Waals surface area contributed by atoms with Gasteiger partial charge in [0.05, 0.1) is 11.7 Å². The van der Waals surface area contributed by atoms with Crippen molar-refractivity contribution in [2.45, 2.75) is 77.1 Å². The Morgan fingerprint density at radius 3 is 2.65 bits per heavy atom. The van der Waals surface area contributed by atoms with Gasteiger partial charge in [-0.15, -0.1) is 11.3 Å². The van der Waals surface area contributed by atoms with Crippen LogP contribution < -0.4 is 5.32 Å². The number of ether oxygens (including phenoxy) is 1. The van der Waals surface area contributed by atoms with Crippen LogP contribution in [0.4, 0.5) is 18.2 Å². The van der Waals surface area contributed by atoms with E-state index in [1.807, 2.05) is 0 Å². The van der Waals surface area contributed by atoms with E-state index in [0.29, 0.717) is 16.3 Å². The Bertz CT molecular complexity index is 1010. The van der Waals surface area contributed by atoms with Crippen LogP contribution in [0.1, 0.15) is 77.6 Å². The maximum absolute atomic E-state index is 13.1. The molecule has 0 aromatic carbocycles. The Morgan fingerprint density at radius 1 is 1.29 bits per heavy atom. The van der Waals surface area contributed by atoms with Crippen molar-refractivity contribution < 1.29 is 27.5 Å². The number of carbonyl (C=O) groups is 2. The first-order chi connectivity index (χ1) is 14.6. The number of nitrogens with one attached hydrogen (secondary N) is 1. The summed E-state index contributed by atoms with van der Waals surface area (Å²) >= 11 is 1.35. The van der Waals surface area contributed by atoms with Crippen molar-refractivity contribution in [3.05, 3.63) is 33.5 Å². The molecule has 168 valence electrons. The number of halogens is 3. The third-order valence-corrected chi connectivity index (χ3v) is 6.57. The Balaban J connectivity index is 1.57. The summed E-state index contributed by atoms with van der Waals surface area (Å²) in [7, 11) is 0. The van der Waals surface area contributed by atoms with E-state index in [0.717, 1.165) is 59.7 Å². The van der Waals surface area contributed by atoms with Crippen LogP contribution in [0.2, 0.25) is 0 Å². The largest absolute Gasteiger partial charge is 0.459 e. The van der Waals surface area contributed by atoms with Gasteiger partial charge in [-0.25, -0.2) is 4.79 Å². The van der Waals surface area contributed by atoms with Gasteiger partial charge < -0.3 is 10.1 Å². The van der Waals surface area contributed by atoms with Crippen molar-refractivity contribution in [1.82, 2.24) is 9.78 Å². The normalized spacial score (nSPS) is 16.3. The molecule has 2 heterocycles. The Kier molecular flexibility index (Phi) is 5.85. The van der Waals surface area contributed by atoms with Gasteiger partial charge in [0, 0.05) is 16.5 Å². The van der Waals surface area contributed by atoms with Crippen molar-refractivity contribution in [2.24, 2.45) is 0 Å². The van der Waals surface area contributed by atoms with E-state index in [2.05, 4.69) is 10.4 Å². The fourth-order valence-electron chi connectivity index (χ4n) is 3.85. The molecule has 1 fully saturated rings. The van der Waals surface area contributed by atoms with E-state index in [1.165, 1.54) is 11.3 Å². The zero-order chi connectivity index (χ0) is 22.3. The first-order valence-corrected chi connectivity index (χ1v) is 11.3. The number of rotatable bonds is 6. The van der Waals surface area contributed by atoms with Crippen molar-refractivity contribution >= 4 is 28.2 Å². The Hall–Kier alpha value is -2.36. The highest BCUT2D eigenvalue weighted by Crippen LogP contribution is 2.42. The molecule has 0 bridgehead atoms. The zero-order valence-corrected chi connectivity index (χ0v) is 18.2. The summed E-state index contributed by atoms with van der Waals surface area (Å²) in [6.45, 7) is 3.16. The first-order valence-electron chi connectivity index (χ1n) is 10.4. The van der Waals surface area contributed by atoms with Crippen LogP contribution in [0.3, 0.4) is 0 Å². The summed E-state index contributed by atoms with van der Waals surface area (Å²) in [6, 6.07) is 1.03. The molecule has 1 saturated carbocycles. The molecule has 2 aliphatic rings. The SMILES string of the molecule is CC(C)OC(=O)c1c(NC(=O)Cn2nc(C(F)(F)F)cc2C2CC2)sc2c1CCCC2. The lowest BCUT2D eigenvalue weighted by atomic mass is 9.95. The zero-order valence-electron chi connectivity index (χ0n) is 17.3. The Labute approximate surface area is 181 Å². The number of hydrogen-bond acceptors (Lipinski definition) is 5. The van der Waals surface area contributed by atoms with Crippen molar-refractivity contribution in [1.29, 1.82) is 0 Å². The van der Waals surface area contributed by atoms with Crippen LogP contribution in [0.25, 0.3) is 0 Å². The lowest BCUT2D eigenvalue weighted by Gasteiger charge is -2.14. The predicted molar refractivity (Wildman–Crippen MR) is 109 cm³/mol. The summed E-state index contributed by atoms with van der Waals surface area (Å²) in [4.78, 5) is 26.5. The minimum atomic E-state index is -4.56. The highest BCUT2D eigenvalue weighted by Gasteiger charge is 2.38. The number of fused-ring (bicyclic) bond motifs is 1. The molecule has 4 rings (SSSR count). The van der Waals surface area contributed by atoms with E-state index in [4.69, 9.17) is 4.74 Å². The van der Waals surface area contributed by atoms with Crippen LogP contribution in [0.15, 0.2) is 6.07 Å². The fourth-order valence-corrected chi connectivity index (χ4v) is 5.14. The lowest BCUT2D eigenvalue weighted by molar-refractivity contribution is -0.141. The highest BCUT2D eigenvalue weighted by atomic mass is 32.1. The number of thiophene rings is 1. The number of aromatic nitrogens is 2. The van der Waals surface area contributed by atoms with Crippen molar-refractivity contribution in [2.75, 3.05) is 5.32 Å². The molecular formula is C21H24F3N3O3S. The molecule has 0 unspecified atom stereocenters. The topological polar surface area (TPSA) is 73.2 Å². The summed E-state index contributed by atoms with van der Waals surface area (Å²) in [5.74, 6) is -1.00. The second-order valence-electron chi connectivity index (χ2n) is 8.30. The second kappa shape index (κ2) is 8.29. The van der Waals surface area contributed by atoms with Crippen LogP contribution in [0, 0.1) is 0 Å². The molecule has 6 nitrogen and oxygen atoms in total. The third kappa shape index (κ3) is 4.78. The Morgan fingerprint density at radius 2 is 2.00 bits per heavy atom. The molecule has 0 radical (unpaired) electrons. The van der Waals surface area contributed by atoms with Gasteiger partial charge in [-0.1, -0.05) is 0 Å². The molecule has 0 spiro atoms. The molecule has 1 N–H and O–H groups in total. The lowest BCUT2D eigenvalue weighted by Crippen LogP contribution is -2.22. The van der Waals surface area contributed by atoms with Crippen LogP contribution >= 0.6 is 11.3 Å². The van der Waals surface area contributed by atoms with Crippen molar-refractivity contribution in [3.8, 4) is 0 Å². The van der Waals surface area contributed by atoms with Crippen LogP contribution in [0.5, 0.6) is 0 Å². The van der Waals surface area contributed by atoms with E-state index in [-0.39, 0.29) is 18.6 Å². The number of hydrogen-bond donors (Lipinski definition) is 1. The van der Waals surface area contributed by atoms with Gasteiger partial charge in [0.1, 0.15) is 11.5 Å². The van der Waals surface area contributed by atoms with Gasteiger partial charge in [-0.05, 0) is 64.0 Å². The summed E-state index contributed by atoms with van der Waals surface area (Å²) < 4.78 is 45.8. The quantitative estimate of drug-likeness (QED) is 0.628. The summed E-state index contributed by atoms with van der Waals surface area (Å²) in [5.41, 5.74) is 0.720. The van der Waals surface area contributed by atoms with Crippen LogP contribution in [-0.4, -0.2) is 27.8 Å². The summed E-state index contributed by atoms with van der Waals surface area (Å²) in [6.07, 6.45) is 0.241. The minimum absolute atomic E-state index is 0.00188. The van der Waals surface area contributed by atoms with E-state index < -0.39 is 23.7 Å². The number of alkyl halides is 3. The van der Waals surface area contributed by atoms with E-state index >= 15 is 0 Å². The standard InChI is InChI=1S/C21H24F3N3O3S/c1-11(2)30-20(29)18-13-5-3-4-6-15(13)31-19(18)25-17(28)10-27-14(12-7-8-12)9-16(26-27)21(22,23)24/h9,11-12H,3-8,10H2,1-2H3,(H,25,28). The van der Waals surface area contributed by atoms with Gasteiger partial charge in [0.15, 0.2) is 5.69 Å². The van der Waals surface area contributed by atoms with Crippen LogP contribution in [-0.2, 0) is 35.1 Å². The molecule has 10 heteroatoms. The van der Waals surface area contributed by atoms with Crippen molar-refractivity contribution in [3.63, 3.8) is 0 Å². The number of aryl methyl sites for hydroxylation is 1. The smallest absolute Gasteiger partial charge is 0.435 e. The molecule has 0 aliphatic heterocycles. The number of carbonyl (C=O) groups excluding carboxylic acids is 2. The molecule has 2 aromatic rings. The molecule has 0 saturated heterocycles. The maximum Gasteiger partial charge on any atom is 0.435 e. The molecule has 1 amide bonds. The number of anilines is 1. The fraction of sp³-hybridized carbons (Fsp3) is 0.571. The van der Waals surface area contributed by atoms with Gasteiger partial charge in [0.25, 0.3) is 0 Å². The average Bonchev–Trinajstić information content (AvgIpc) is 3.31. The van der Waals surface area contributed by atoms with Gasteiger partial charge in [0.2, 0.25) is 5.91 Å². The van der Waals surface area contributed by atoms with Gasteiger partial charge in [-0.3, -0.25) is 9.48 Å². The number of esters is 1. The third-order valence-electron chi connectivity index (χ3n) is 5.36. The minimum Gasteiger partial charge on any atom is -0.459 e. The maximum atomic E-state index is 13.1. The van der Waals surface area contributed by atoms with Gasteiger partial charge >= 0.3 is 12.1 Å². The summed E-state index contributed by atoms with van der Waals surface area (Å²) in [5, 5.41) is 6.77. The molecule has 2 aliphatic carbocycles. The number of nitrogens with zero attached hydrogens (tertiary/aromatic N) is 2. The molecule has 31 heavy (non-hydrogen) atoms. The van der Waals surface area contributed by atoms with Gasteiger partial charge in [-0.2, -0.15) is 18.3 Å². The molecule has 0 atom stereocenters. The monoisotopic (exact) mass is 455 g/mol. The van der Waals surface area contributed by atoms with E-state index in [1.54, 1.807) is 13.8 Å².